The lowest BCUT2D eigenvalue weighted by Crippen LogP contribution is -2.57. The summed E-state index contributed by atoms with van der Waals surface area (Å²) in [6.07, 6.45) is -0.0879. The van der Waals surface area contributed by atoms with Gasteiger partial charge in [-0.15, -0.1) is 0 Å². The van der Waals surface area contributed by atoms with Crippen LogP contribution in [0.4, 0.5) is 5.69 Å². The molecule has 4 atom stereocenters. The molecular formula is C29H27BrN2O7. The monoisotopic (exact) mass is 594 g/mol. The van der Waals surface area contributed by atoms with Crippen LogP contribution in [-0.4, -0.2) is 47.8 Å². The average molecular weight is 595 g/mol. The third kappa shape index (κ3) is 4.24. The highest BCUT2D eigenvalue weighted by molar-refractivity contribution is 9.10. The molecule has 5 rings (SSSR count). The van der Waals surface area contributed by atoms with E-state index < -0.39 is 41.2 Å². The summed E-state index contributed by atoms with van der Waals surface area (Å²) in [6, 6.07) is 15.8. The smallest absolute Gasteiger partial charge is 0.325 e. The Bertz CT molecular complexity index is 1470. The number of hydrogen-bond acceptors (Lipinski definition) is 7. The van der Waals surface area contributed by atoms with Crippen LogP contribution < -0.4 is 19.7 Å². The van der Waals surface area contributed by atoms with Crippen LogP contribution in [0.1, 0.15) is 22.7 Å². The van der Waals surface area contributed by atoms with Crippen molar-refractivity contribution in [3.63, 3.8) is 0 Å². The molecule has 10 heteroatoms. The van der Waals surface area contributed by atoms with E-state index in [0.29, 0.717) is 32.8 Å². The molecule has 0 spiro atoms. The number of amides is 2. The number of carboxylic acids is 1. The van der Waals surface area contributed by atoms with Crippen molar-refractivity contribution in [3.8, 4) is 17.2 Å². The summed E-state index contributed by atoms with van der Waals surface area (Å²) in [7, 11) is 2.98. The fourth-order valence-electron chi connectivity index (χ4n) is 5.83. The molecule has 4 unspecified atom stereocenters. The normalized spacial score (nSPS) is 24.1. The minimum atomic E-state index is -1.81. The summed E-state index contributed by atoms with van der Waals surface area (Å²) in [4.78, 5) is 42.4. The van der Waals surface area contributed by atoms with Gasteiger partial charge < -0.3 is 19.7 Å². The molecular weight excluding hydrogens is 568 g/mol. The largest absolute Gasteiger partial charge is 0.508 e. The van der Waals surface area contributed by atoms with Gasteiger partial charge in [0, 0.05) is 12.5 Å². The molecule has 2 aliphatic rings. The number of carboxylic acid groups (broad SMARTS) is 1. The van der Waals surface area contributed by atoms with Crippen LogP contribution in [0.5, 0.6) is 17.2 Å². The lowest BCUT2D eigenvalue weighted by Gasteiger charge is -2.31. The number of anilines is 1. The van der Waals surface area contributed by atoms with Gasteiger partial charge in [-0.25, -0.2) is 4.90 Å². The molecule has 2 saturated heterocycles. The van der Waals surface area contributed by atoms with Crippen LogP contribution in [0, 0.1) is 18.8 Å². The van der Waals surface area contributed by atoms with Crippen LogP contribution in [0.2, 0.25) is 0 Å². The number of hydrogen-bond donors (Lipinski definition) is 3. The van der Waals surface area contributed by atoms with Gasteiger partial charge in [-0.2, -0.15) is 0 Å². The third-order valence-corrected chi connectivity index (χ3v) is 8.22. The van der Waals surface area contributed by atoms with Crippen molar-refractivity contribution in [3.05, 3.63) is 81.8 Å². The van der Waals surface area contributed by atoms with Gasteiger partial charge in [-0.1, -0.05) is 30.3 Å². The Kier molecular flexibility index (Phi) is 6.86. The number of phenolic OH excluding ortho intramolecular Hbond substituents is 1. The van der Waals surface area contributed by atoms with Crippen molar-refractivity contribution in [1.29, 1.82) is 0 Å². The molecule has 2 heterocycles. The number of fused-ring (bicyclic) bond motifs is 1. The van der Waals surface area contributed by atoms with E-state index in [0.717, 1.165) is 10.5 Å². The molecule has 3 aromatic rings. The Morgan fingerprint density at radius 1 is 1.05 bits per heavy atom. The Morgan fingerprint density at radius 3 is 2.36 bits per heavy atom. The molecule has 39 heavy (non-hydrogen) atoms. The summed E-state index contributed by atoms with van der Waals surface area (Å²) in [5.41, 5.74) is 0.493. The fourth-order valence-corrected chi connectivity index (χ4v) is 6.45. The maximum absolute atomic E-state index is 14.1. The molecule has 0 saturated carbocycles. The molecule has 3 aromatic carbocycles. The predicted molar refractivity (Wildman–Crippen MR) is 146 cm³/mol. The van der Waals surface area contributed by atoms with Crippen molar-refractivity contribution >= 4 is 39.4 Å². The lowest BCUT2D eigenvalue weighted by atomic mass is 9.76. The second-order valence-corrected chi connectivity index (χ2v) is 10.6. The van der Waals surface area contributed by atoms with Crippen molar-refractivity contribution < 1.29 is 34.1 Å². The molecule has 3 N–H and O–H groups in total. The van der Waals surface area contributed by atoms with Crippen molar-refractivity contribution in [2.24, 2.45) is 11.8 Å². The number of benzene rings is 3. The van der Waals surface area contributed by atoms with Gasteiger partial charge in [-0.3, -0.25) is 19.7 Å². The number of phenols is 1. The molecule has 2 amide bonds. The van der Waals surface area contributed by atoms with Gasteiger partial charge >= 0.3 is 5.97 Å². The van der Waals surface area contributed by atoms with Gasteiger partial charge in [0.25, 0.3) is 0 Å². The van der Waals surface area contributed by atoms with E-state index in [-0.39, 0.29) is 12.2 Å². The number of aromatic hydroxyl groups is 1. The summed E-state index contributed by atoms with van der Waals surface area (Å²) in [5.74, 6) is -3.64. The summed E-state index contributed by atoms with van der Waals surface area (Å²) in [5, 5.41) is 23.6. The van der Waals surface area contributed by atoms with Gasteiger partial charge in [0.2, 0.25) is 11.8 Å². The molecule has 0 bridgehead atoms. The minimum absolute atomic E-state index is 0.0336. The zero-order valence-corrected chi connectivity index (χ0v) is 23.1. The number of ether oxygens (including phenoxy) is 2. The van der Waals surface area contributed by atoms with Crippen molar-refractivity contribution in [2.45, 2.75) is 24.9 Å². The van der Waals surface area contributed by atoms with E-state index >= 15 is 0 Å². The Labute approximate surface area is 233 Å². The van der Waals surface area contributed by atoms with Crippen molar-refractivity contribution in [1.82, 2.24) is 5.32 Å². The molecule has 0 radical (unpaired) electrons. The molecule has 0 aromatic heterocycles. The average Bonchev–Trinajstić information content (AvgIpc) is 3.39. The number of imide groups is 1. The summed E-state index contributed by atoms with van der Waals surface area (Å²) >= 11 is 3.49. The number of aliphatic carboxylic acids is 1. The van der Waals surface area contributed by atoms with E-state index in [1.54, 1.807) is 49.4 Å². The Hall–Kier alpha value is -3.89. The maximum Gasteiger partial charge on any atom is 0.325 e. The fraction of sp³-hybridized carbons (Fsp3) is 0.276. The van der Waals surface area contributed by atoms with E-state index in [1.165, 1.54) is 26.4 Å². The number of halogens is 1. The van der Waals surface area contributed by atoms with Crippen LogP contribution in [0.25, 0.3) is 0 Å². The summed E-state index contributed by atoms with van der Waals surface area (Å²) < 4.78 is 11.5. The van der Waals surface area contributed by atoms with Gasteiger partial charge in [-0.05, 0) is 69.9 Å². The standard InChI is InChI=1S/C29H27BrN2O7/c1-15-6-4-5-7-20(15)32-26(34)22-23(27(32)35)29(28(36)37,14-16-8-10-18(33)11-9-16)31-24(22)17-12-19(30)25(39-3)21(13-17)38-2/h4-13,22-24,31,33H,14H2,1-3H3,(H,36,37). The third-order valence-electron chi connectivity index (χ3n) is 7.63. The van der Waals surface area contributed by atoms with Crippen molar-refractivity contribution in [2.75, 3.05) is 19.1 Å². The van der Waals surface area contributed by atoms with Crippen LogP contribution in [0.15, 0.2) is 65.1 Å². The van der Waals surface area contributed by atoms with E-state index in [9.17, 15) is 24.6 Å². The van der Waals surface area contributed by atoms with Crippen LogP contribution in [0.3, 0.4) is 0 Å². The number of aryl methyl sites for hydroxylation is 1. The number of carbonyl (C=O) groups excluding carboxylic acids is 2. The lowest BCUT2D eigenvalue weighted by molar-refractivity contribution is -0.148. The minimum Gasteiger partial charge on any atom is -0.508 e. The number of nitrogens with zero attached hydrogens (tertiary/aromatic N) is 1. The number of rotatable bonds is 7. The van der Waals surface area contributed by atoms with Gasteiger partial charge in [0.1, 0.15) is 11.3 Å². The van der Waals surface area contributed by atoms with E-state index in [4.69, 9.17) is 9.47 Å². The van der Waals surface area contributed by atoms with E-state index in [2.05, 4.69) is 21.2 Å². The molecule has 2 aliphatic heterocycles. The first-order valence-electron chi connectivity index (χ1n) is 12.3. The first kappa shape index (κ1) is 26.7. The second kappa shape index (κ2) is 10.0. The first-order valence-corrected chi connectivity index (χ1v) is 13.1. The maximum atomic E-state index is 14.1. The highest BCUT2D eigenvalue weighted by Crippen LogP contribution is 2.52. The molecule has 9 nitrogen and oxygen atoms in total. The molecule has 0 aliphatic carbocycles. The first-order chi connectivity index (χ1) is 18.6. The quantitative estimate of drug-likeness (QED) is 0.351. The zero-order valence-electron chi connectivity index (χ0n) is 21.5. The molecule has 2 fully saturated rings. The SMILES string of the molecule is COc1cc(C2NC(Cc3ccc(O)cc3)(C(=O)O)C3C(=O)N(c4ccccc4C)C(=O)C23)cc(Br)c1OC. The summed E-state index contributed by atoms with van der Waals surface area (Å²) in [6.45, 7) is 1.80. The predicted octanol–water partition coefficient (Wildman–Crippen LogP) is 4.00. The van der Waals surface area contributed by atoms with Crippen LogP contribution in [-0.2, 0) is 20.8 Å². The molecule has 202 valence electrons. The second-order valence-electron chi connectivity index (χ2n) is 9.78. The highest BCUT2D eigenvalue weighted by atomic mass is 79.9. The van der Waals surface area contributed by atoms with Gasteiger partial charge in [0.05, 0.1) is 36.2 Å². The van der Waals surface area contributed by atoms with Gasteiger partial charge in [0.15, 0.2) is 11.5 Å². The number of methoxy groups -OCH3 is 2. The highest BCUT2D eigenvalue weighted by Gasteiger charge is 2.68. The zero-order chi connectivity index (χ0) is 28.1. The number of carbonyl (C=O) groups is 3. The Morgan fingerprint density at radius 2 is 1.74 bits per heavy atom. The van der Waals surface area contributed by atoms with E-state index in [1.807, 2.05) is 6.07 Å². The number of para-hydroxylation sites is 1. The Balaban J connectivity index is 1.70. The topological polar surface area (TPSA) is 125 Å². The number of nitrogens with one attached hydrogen (secondary N) is 1. The van der Waals surface area contributed by atoms with Crippen LogP contribution >= 0.6 is 15.9 Å².